The number of esters is 1. The maximum atomic E-state index is 13.2. The molecule has 9 heteroatoms. The average Bonchev–Trinajstić information content (AvgIpc) is 3.08. The van der Waals surface area contributed by atoms with Gasteiger partial charge in [-0.05, 0) is 61.9 Å². The van der Waals surface area contributed by atoms with Crippen LogP contribution in [0.15, 0.2) is 46.2 Å². The molecule has 0 aliphatic carbocycles. The van der Waals surface area contributed by atoms with Gasteiger partial charge in [0, 0.05) is 18.0 Å². The highest BCUT2D eigenvalue weighted by molar-refractivity contribution is 7.98. The number of likely N-dealkylation sites (tertiary alicyclic amines) is 1. The van der Waals surface area contributed by atoms with Crippen molar-refractivity contribution in [3.05, 3.63) is 53.1 Å². The number of ether oxygens (including phenoxy) is 1. The Bertz CT molecular complexity index is 1110. The number of methoxy groups -OCH3 is 1. The van der Waals surface area contributed by atoms with Gasteiger partial charge >= 0.3 is 5.97 Å². The van der Waals surface area contributed by atoms with Crippen LogP contribution in [0.3, 0.4) is 0 Å². The molecular weight excluding hydrogens is 448 g/mol. The number of anilines is 1. The lowest BCUT2D eigenvalue weighted by atomic mass is 10.1. The van der Waals surface area contributed by atoms with Crippen molar-refractivity contribution in [2.24, 2.45) is 0 Å². The van der Waals surface area contributed by atoms with E-state index in [1.807, 2.05) is 11.2 Å². The van der Waals surface area contributed by atoms with Crippen molar-refractivity contribution in [1.29, 1.82) is 0 Å². The molecule has 0 unspecified atom stereocenters. The normalized spacial score (nSPS) is 14.5. The number of rotatable bonds is 6. The third kappa shape index (κ3) is 5.45. The Morgan fingerprint density at radius 2 is 1.72 bits per heavy atom. The molecule has 1 N–H and O–H groups in total. The monoisotopic (exact) mass is 476 g/mol. The summed E-state index contributed by atoms with van der Waals surface area (Å²) in [5.74, 6) is -0.697. The van der Waals surface area contributed by atoms with Crippen LogP contribution in [0, 0.1) is 6.92 Å². The zero-order valence-electron chi connectivity index (χ0n) is 18.5. The summed E-state index contributed by atoms with van der Waals surface area (Å²) in [4.78, 5) is 27.6. The molecule has 1 aliphatic rings. The predicted molar refractivity (Wildman–Crippen MR) is 126 cm³/mol. The molecule has 0 saturated carbocycles. The lowest BCUT2D eigenvalue weighted by Gasteiger charge is -2.22. The number of amides is 1. The number of hydrogen-bond acceptors (Lipinski definition) is 6. The Morgan fingerprint density at radius 3 is 2.34 bits per heavy atom. The van der Waals surface area contributed by atoms with Crippen LogP contribution in [-0.4, -0.2) is 51.6 Å². The summed E-state index contributed by atoms with van der Waals surface area (Å²) in [5.41, 5.74) is 1.57. The van der Waals surface area contributed by atoms with E-state index in [1.54, 1.807) is 25.1 Å². The SMILES string of the molecule is COC(=O)c1ccc(C)c(NS(=O)(=O)c2ccc(SC)c(C(=O)N3CCCCCC3)c2)c1. The molecule has 1 aliphatic heterocycles. The molecule has 1 saturated heterocycles. The van der Waals surface area contributed by atoms with Crippen molar-refractivity contribution in [3.8, 4) is 0 Å². The van der Waals surface area contributed by atoms with Crippen molar-refractivity contribution in [1.82, 2.24) is 4.90 Å². The molecule has 2 aromatic carbocycles. The zero-order chi connectivity index (χ0) is 23.3. The van der Waals surface area contributed by atoms with Gasteiger partial charge in [0.25, 0.3) is 15.9 Å². The van der Waals surface area contributed by atoms with E-state index in [4.69, 9.17) is 4.74 Å². The van der Waals surface area contributed by atoms with Crippen molar-refractivity contribution in [2.75, 3.05) is 31.2 Å². The van der Waals surface area contributed by atoms with Crippen LogP contribution in [0.4, 0.5) is 5.69 Å². The highest BCUT2D eigenvalue weighted by Gasteiger charge is 2.24. The smallest absolute Gasteiger partial charge is 0.337 e. The standard InChI is InChI=1S/C23H28N2O5S2/c1-16-8-9-17(23(27)30-2)14-20(16)24-32(28,29)18-10-11-21(31-3)19(15-18)22(26)25-12-6-4-5-7-13-25/h8-11,14-15,24H,4-7,12-13H2,1-3H3. The molecule has 32 heavy (non-hydrogen) atoms. The van der Waals surface area contributed by atoms with E-state index >= 15 is 0 Å². The van der Waals surface area contributed by atoms with E-state index in [0.717, 1.165) is 30.6 Å². The number of carbonyl (C=O) groups is 2. The van der Waals surface area contributed by atoms with Gasteiger partial charge in [-0.15, -0.1) is 11.8 Å². The average molecular weight is 477 g/mol. The first kappa shape index (κ1) is 24.1. The molecule has 0 bridgehead atoms. The van der Waals surface area contributed by atoms with Gasteiger partial charge in [-0.1, -0.05) is 18.9 Å². The summed E-state index contributed by atoms with van der Waals surface area (Å²) in [7, 11) is -2.72. The first-order chi connectivity index (χ1) is 15.3. The fraction of sp³-hybridized carbons (Fsp3) is 0.391. The fourth-order valence-electron chi connectivity index (χ4n) is 3.65. The third-order valence-electron chi connectivity index (χ3n) is 5.51. The quantitative estimate of drug-likeness (QED) is 0.493. The molecule has 0 spiro atoms. The summed E-state index contributed by atoms with van der Waals surface area (Å²) < 4.78 is 33.6. The Morgan fingerprint density at radius 1 is 1.03 bits per heavy atom. The summed E-state index contributed by atoms with van der Waals surface area (Å²) in [6.07, 6.45) is 5.97. The number of nitrogens with one attached hydrogen (secondary N) is 1. The Balaban J connectivity index is 1.94. The van der Waals surface area contributed by atoms with Crippen LogP contribution in [0.2, 0.25) is 0 Å². The summed E-state index contributed by atoms with van der Waals surface area (Å²) in [6, 6.07) is 9.27. The van der Waals surface area contributed by atoms with Crippen LogP contribution in [0.25, 0.3) is 0 Å². The van der Waals surface area contributed by atoms with Gasteiger partial charge < -0.3 is 9.64 Å². The van der Waals surface area contributed by atoms with Gasteiger partial charge in [0.05, 0.1) is 28.8 Å². The second-order valence-electron chi connectivity index (χ2n) is 7.70. The molecule has 3 rings (SSSR count). The highest BCUT2D eigenvalue weighted by atomic mass is 32.2. The molecule has 1 heterocycles. The number of hydrogen-bond donors (Lipinski definition) is 1. The zero-order valence-corrected chi connectivity index (χ0v) is 20.1. The van der Waals surface area contributed by atoms with Crippen molar-refractivity contribution in [2.45, 2.75) is 42.4 Å². The first-order valence-electron chi connectivity index (χ1n) is 10.5. The third-order valence-corrected chi connectivity index (χ3v) is 7.67. The lowest BCUT2D eigenvalue weighted by Crippen LogP contribution is -2.32. The van der Waals surface area contributed by atoms with Crippen LogP contribution in [-0.2, 0) is 14.8 Å². The molecule has 0 aromatic heterocycles. The van der Waals surface area contributed by atoms with E-state index in [1.165, 1.54) is 37.1 Å². The van der Waals surface area contributed by atoms with Crippen molar-refractivity contribution in [3.63, 3.8) is 0 Å². The van der Waals surface area contributed by atoms with Crippen molar-refractivity contribution >= 4 is 39.3 Å². The van der Waals surface area contributed by atoms with E-state index in [0.29, 0.717) is 24.2 Å². The Labute approximate surface area is 193 Å². The van der Waals surface area contributed by atoms with E-state index in [9.17, 15) is 18.0 Å². The molecule has 0 atom stereocenters. The van der Waals surface area contributed by atoms with E-state index in [-0.39, 0.29) is 22.1 Å². The van der Waals surface area contributed by atoms with Crippen molar-refractivity contribution < 1.29 is 22.7 Å². The molecule has 1 fully saturated rings. The molecule has 0 radical (unpaired) electrons. The topological polar surface area (TPSA) is 92.8 Å². The number of thioether (sulfide) groups is 1. The number of nitrogens with zero attached hydrogens (tertiary/aromatic N) is 1. The molecule has 1 amide bonds. The molecule has 172 valence electrons. The number of benzene rings is 2. The van der Waals surface area contributed by atoms with E-state index in [2.05, 4.69) is 4.72 Å². The highest BCUT2D eigenvalue weighted by Crippen LogP contribution is 2.28. The number of carbonyl (C=O) groups excluding carboxylic acids is 2. The largest absolute Gasteiger partial charge is 0.465 e. The minimum atomic E-state index is -3.99. The van der Waals surface area contributed by atoms with Crippen LogP contribution < -0.4 is 4.72 Å². The maximum absolute atomic E-state index is 13.2. The minimum Gasteiger partial charge on any atom is -0.465 e. The van der Waals surface area contributed by atoms with Crippen LogP contribution in [0.1, 0.15) is 52.0 Å². The summed E-state index contributed by atoms with van der Waals surface area (Å²) in [5, 5.41) is 0. The van der Waals surface area contributed by atoms with Gasteiger partial charge in [-0.2, -0.15) is 0 Å². The number of sulfonamides is 1. The molecule has 7 nitrogen and oxygen atoms in total. The Hall–Kier alpha value is -2.52. The Kier molecular flexibility index (Phi) is 7.84. The number of aryl methyl sites for hydroxylation is 1. The minimum absolute atomic E-state index is 0.00339. The lowest BCUT2D eigenvalue weighted by molar-refractivity contribution is 0.0600. The maximum Gasteiger partial charge on any atom is 0.337 e. The fourth-order valence-corrected chi connectivity index (χ4v) is 5.36. The van der Waals surface area contributed by atoms with Gasteiger partial charge in [-0.3, -0.25) is 9.52 Å². The molecule has 2 aromatic rings. The van der Waals surface area contributed by atoms with Gasteiger partial charge in [0.15, 0.2) is 0 Å². The second kappa shape index (κ2) is 10.4. The van der Waals surface area contributed by atoms with Crippen LogP contribution >= 0.6 is 11.8 Å². The first-order valence-corrected chi connectivity index (χ1v) is 13.2. The van der Waals surface area contributed by atoms with Gasteiger partial charge in [-0.25, -0.2) is 13.2 Å². The summed E-state index contributed by atoms with van der Waals surface area (Å²) >= 11 is 1.41. The molecular formula is C23H28N2O5S2. The van der Waals surface area contributed by atoms with E-state index < -0.39 is 16.0 Å². The van der Waals surface area contributed by atoms with Crippen LogP contribution in [0.5, 0.6) is 0 Å². The van der Waals surface area contributed by atoms with Gasteiger partial charge in [0.1, 0.15) is 0 Å². The second-order valence-corrected chi connectivity index (χ2v) is 10.2. The predicted octanol–water partition coefficient (Wildman–Crippen LogP) is 4.32. The summed E-state index contributed by atoms with van der Waals surface area (Å²) in [6.45, 7) is 3.10. The van der Waals surface area contributed by atoms with Gasteiger partial charge in [0.2, 0.25) is 0 Å².